The van der Waals surface area contributed by atoms with Crippen LogP contribution in [0.3, 0.4) is 0 Å². The molecule has 0 radical (unpaired) electrons. The lowest BCUT2D eigenvalue weighted by atomic mass is 9.86. The first-order valence-electron chi connectivity index (χ1n) is 11.7. The summed E-state index contributed by atoms with van der Waals surface area (Å²) < 4.78 is 5.60. The van der Waals surface area contributed by atoms with E-state index in [-0.39, 0.29) is 11.9 Å². The van der Waals surface area contributed by atoms with E-state index < -0.39 is 5.54 Å². The molecule has 0 bridgehead atoms. The van der Waals surface area contributed by atoms with Crippen LogP contribution in [0, 0.1) is 5.92 Å². The molecule has 0 saturated carbocycles. The van der Waals surface area contributed by atoms with Gasteiger partial charge in [0.15, 0.2) is 11.5 Å². The van der Waals surface area contributed by atoms with Gasteiger partial charge in [-0.3, -0.25) is 0 Å². The zero-order chi connectivity index (χ0) is 21.3. The molecule has 0 aliphatic heterocycles. The summed E-state index contributed by atoms with van der Waals surface area (Å²) >= 11 is 0. The van der Waals surface area contributed by atoms with Gasteiger partial charge in [0.25, 0.3) is 0 Å². The number of rotatable bonds is 18. The molecule has 0 heterocycles. The second-order valence-corrected chi connectivity index (χ2v) is 8.60. The SMILES string of the molecule is CCCCCCCCC(CCCCCCCC)(N=C(N)N)C(=O)OCC(C)C. The maximum Gasteiger partial charge on any atom is 0.334 e. The van der Waals surface area contributed by atoms with Crippen LogP contribution < -0.4 is 11.5 Å². The van der Waals surface area contributed by atoms with E-state index in [4.69, 9.17) is 16.2 Å². The minimum atomic E-state index is -0.913. The molecular formula is C23H47N3O2. The molecule has 0 aromatic carbocycles. The molecule has 0 aromatic heterocycles. The molecular weight excluding hydrogens is 350 g/mol. The van der Waals surface area contributed by atoms with Crippen molar-refractivity contribution >= 4 is 11.9 Å². The third kappa shape index (κ3) is 13.0. The Morgan fingerprint density at radius 1 is 0.821 bits per heavy atom. The number of esters is 1. The summed E-state index contributed by atoms with van der Waals surface area (Å²) in [6.45, 7) is 8.92. The molecule has 0 saturated heterocycles. The van der Waals surface area contributed by atoms with Crippen molar-refractivity contribution in [2.24, 2.45) is 22.4 Å². The zero-order valence-corrected chi connectivity index (χ0v) is 19.1. The number of unbranched alkanes of at least 4 members (excludes halogenated alkanes) is 10. The van der Waals surface area contributed by atoms with Crippen LogP contribution in [0.2, 0.25) is 0 Å². The van der Waals surface area contributed by atoms with Gasteiger partial charge in [-0.1, -0.05) is 105 Å². The van der Waals surface area contributed by atoms with Gasteiger partial charge in [0.1, 0.15) is 0 Å². The third-order valence-corrected chi connectivity index (χ3v) is 5.16. The Morgan fingerprint density at radius 2 is 1.25 bits per heavy atom. The number of aliphatic imine (C=N–C) groups is 1. The molecule has 0 rings (SSSR count). The lowest BCUT2D eigenvalue weighted by Crippen LogP contribution is -2.42. The predicted molar refractivity (Wildman–Crippen MR) is 120 cm³/mol. The number of guanidine groups is 1. The third-order valence-electron chi connectivity index (χ3n) is 5.16. The van der Waals surface area contributed by atoms with Crippen LogP contribution in [0.15, 0.2) is 4.99 Å². The Balaban J connectivity index is 4.95. The molecule has 0 unspecified atom stereocenters. The average Bonchev–Trinajstić information content (AvgIpc) is 2.64. The highest BCUT2D eigenvalue weighted by molar-refractivity contribution is 5.86. The summed E-state index contributed by atoms with van der Waals surface area (Å²) in [6, 6.07) is 0. The van der Waals surface area contributed by atoms with Crippen LogP contribution in [0.5, 0.6) is 0 Å². The smallest absolute Gasteiger partial charge is 0.334 e. The Bertz CT molecular complexity index is 402. The summed E-state index contributed by atoms with van der Waals surface area (Å²) in [5.74, 6) is 0.0270. The number of nitrogens with zero attached hydrogens (tertiary/aromatic N) is 1. The van der Waals surface area contributed by atoms with Crippen LogP contribution in [0.1, 0.15) is 118 Å². The van der Waals surface area contributed by atoms with E-state index in [0.29, 0.717) is 25.4 Å². The van der Waals surface area contributed by atoms with Gasteiger partial charge in [-0.25, -0.2) is 9.79 Å². The zero-order valence-electron chi connectivity index (χ0n) is 19.1. The minimum Gasteiger partial charge on any atom is -0.464 e. The van der Waals surface area contributed by atoms with Crippen molar-refractivity contribution in [2.75, 3.05) is 6.61 Å². The molecule has 0 aliphatic rings. The van der Waals surface area contributed by atoms with Crippen molar-refractivity contribution in [1.29, 1.82) is 0 Å². The molecule has 5 nitrogen and oxygen atoms in total. The van der Waals surface area contributed by atoms with Crippen molar-refractivity contribution in [2.45, 2.75) is 123 Å². The van der Waals surface area contributed by atoms with Gasteiger partial charge >= 0.3 is 5.97 Å². The Labute approximate surface area is 174 Å². The summed E-state index contributed by atoms with van der Waals surface area (Å²) in [6.07, 6.45) is 15.4. The monoisotopic (exact) mass is 397 g/mol. The Kier molecular flexibility index (Phi) is 15.9. The van der Waals surface area contributed by atoms with Crippen molar-refractivity contribution in [3.63, 3.8) is 0 Å². The van der Waals surface area contributed by atoms with E-state index in [9.17, 15) is 4.79 Å². The maximum atomic E-state index is 13.0. The van der Waals surface area contributed by atoms with Gasteiger partial charge in [-0.2, -0.15) is 0 Å². The van der Waals surface area contributed by atoms with Gasteiger partial charge in [-0.15, -0.1) is 0 Å². The minimum absolute atomic E-state index is 0.0153. The highest BCUT2D eigenvalue weighted by atomic mass is 16.5. The highest BCUT2D eigenvalue weighted by Gasteiger charge is 2.39. The van der Waals surface area contributed by atoms with Crippen LogP contribution in [0.25, 0.3) is 0 Å². The second-order valence-electron chi connectivity index (χ2n) is 8.60. The summed E-state index contributed by atoms with van der Waals surface area (Å²) in [7, 11) is 0. The first-order valence-corrected chi connectivity index (χ1v) is 11.7. The van der Waals surface area contributed by atoms with E-state index in [0.717, 1.165) is 25.7 Å². The van der Waals surface area contributed by atoms with Gasteiger partial charge in [0.05, 0.1) is 6.61 Å². The number of carbonyl (C=O) groups excluding carboxylic acids is 1. The number of hydrogen-bond acceptors (Lipinski definition) is 3. The quantitative estimate of drug-likeness (QED) is 0.134. The standard InChI is InChI=1S/C23H47N3O2/c1-5-7-9-11-13-15-17-23(26-22(24)25,21(27)28-19-20(3)4)18-16-14-12-10-8-6-2/h20H,5-19H2,1-4H3,(H4,24,25,26). The van der Waals surface area contributed by atoms with E-state index in [1.807, 2.05) is 13.8 Å². The van der Waals surface area contributed by atoms with Gasteiger partial charge in [0, 0.05) is 0 Å². The molecule has 0 atom stereocenters. The molecule has 0 spiro atoms. The summed E-state index contributed by atoms with van der Waals surface area (Å²) in [4.78, 5) is 17.4. The molecule has 4 N–H and O–H groups in total. The molecule has 0 fully saturated rings. The van der Waals surface area contributed by atoms with E-state index in [1.54, 1.807) is 0 Å². The Morgan fingerprint density at radius 3 is 1.64 bits per heavy atom. The number of ether oxygens (including phenoxy) is 1. The molecule has 166 valence electrons. The largest absolute Gasteiger partial charge is 0.464 e. The average molecular weight is 398 g/mol. The maximum absolute atomic E-state index is 13.0. The summed E-state index contributed by atoms with van der Waals surface area (Å²) in [5.41, 5.74) is 10.6. The lowest BCUT2D eigenvalue weighted by Gasteiger charge is -2.28. The number of carbonyl (C=O) groups is 1. The normalized spacial score (nSPS) is 11.6. The van der Waals surface area contributed by atoms with Gasteiger partial charge in [0.2, 0.25) is 0 Å². The lowest BCUT2D eigenvalue weighted by molar-refractivity contribution is -0.152. The fourth-order valence-corrected chi connectivity index (χ4v) is 3.51. The fourth-order valence-electron chi connectivity index (χ4n) is 3.51. The van der Waals surface area contributed by atoms with E-state index in [1.165, 1.54) is 51.4 Å². The molecule has 0 aliphatic carbocycles. The highest BCUT2D eigenvalue weighted by Crippen LogP contribution is 2.29. The topological polar surface area (TPSA) is 90.7 Å². The van der Waals surface area contributed by atoms with Crippen molar-refractivity contribution in [1.82, 2.24) is 0 Å². The summed E-state index contributed by atoms with van der Waals surface area (Å²) in [5, 5.41) is 0. The van der Waals surface area contributed by atoms with Crippen LogP contribution in [0.4, 0.5) is 0 Å². The molecule has 0 aromatic rings. The number of nitrogens with two attached hydrogens (primary N) is 2. The van der Waals surface area contributed by atoms with E-state index in [2.05, 4.69) is 18.8 Å². The predicted octanol–water partition coefficient (Wildman–Crippen LogP) is 5.70. The fraction of sp³-hybridized carbons (Fsp3) is 0.913. The molecule has 0 amide bonds. The van der Waals surface area contributed by atoms with Crippen molar-refractivity contribution in [3.05, 3.63) is 0 Å². The first-order chi connectivity index (χ1) is 13.4. The molecule has 28 heavy (non-hydrogen) atoms. The van der Waals surface area contributed by atoms with E-state index >= 15 is 0 Å². The van der Waals surface area contributed by atoms with Crippen LogP contribution in [-0.2, 0) is 9.53 Å². The van der Waals surface area contributed by atoms with Gasteiger partial charge in [-0.05, 0) is 18.8 Å². The second kappa shape index (κ2) is 16.7. The first kappa shape index (κ1) is 26.7. The van der Waals surface area contributed by atoms with Crippen LogP contribution >= 0.6 is 0 Å². The Hall–Kier alpha value is -1.26. The van der Waals surface area contributed by atoms with Crippen molar-refractivity contribution in [3.8, 4) is 0 Å². The molecule has 5 heteroatoms. The van der Waals surface area contributed by atoms with Crippen molar-refractivity contribution < 1.29 is 9.53 Å². The van der Waals surface area contributed by atoms with Gasteiger partial charge < -0.3 is 16.2 Å². The van der Waals surface area contributed by atoms with Crippen LogP contribution in [-0.4, -0.2) is 24.1 Å². The number of hydrogen-bond donors (Lipinski definition) is 2.